The zero-order valence-corrected chi connectivity index (χ0v) is 6.14. The summed E-state index contributed by atoms with van der Waals surface area (Å²) in [5.41, 5.74) is -1.39. The van der Waals surface area contributed by atoms with Crippen LogP contribution in [0.4, 0.5) is 0 Å². The lowest BCUT2D eigenvalue weighted by atomic mass is 10.4. The molecule has 2 aromatic heterocycles. The molecule has 2 heterocycles. The van der Waals surface area contributed by atoms with Crippen LogP contribution in [0.5, 0.6) is 0 Å². The number of nitrogens with one attached hydrogen (secondary N) is 2. The second-order valence-electron chi connectivity index (χ2n) is 2.29. The molecule has 8 heteroatoms. The summed E-state index contributed by atoms with van der Waals surface area (Å²) in [5.74, 6) is 0. The van der Waals surface area contributed by atoms with Crippen LogP contribution in [-0.4, -0.2) is 20.3 Å². The molecule has 0 aliphatic heterocycles. The smallest absolute Gasteiger partial charge is 0.326 e. The van der Waals surface area contributed by atoms with Gasteiger partial charge in [-0.15, -0.1) is 4.85 Å². The molecule has 0 saturated heterocycles. The van der Waals surface area contributed by atoms with E-state index in [1.54, 1.807) is 0 Å². The van der Waals surface area contributed by atoms with Gasteiger partial charge in [-0.1, -0.05) is 0 Å². The average molecular weight is 181 g/mol. The fourth-order valence-electron chi connectivity index (χ4n) is 0.915. The van der Waals surface area contributed by atoms with Gasteiger partial charge in [-0.2, -0.15) is 0 Å². The molecule has 2 rings (SSSR count). The van der Waals surface area contributed by atoms with Crippen LogP contribution in [0.15, 0.2) is 15.8 Å². The molecule has 66 valence electrons. The van der Waals surface area contributed by atoms with Gasteiger partial charge in [-0.25, -0.2) is 4.79 Å². The monoisotopic (exact) mass is 181 g/mol. The Hall–Kier alpha value is -2.25. The minimum Gasteiger partial charge on any atom is -0.691 e. The minimum atomic E-state index is -0.689. The Morgan fingerprint density at radius 1 is 1.38 bits per heavy atom. The summed E-state index contributed by atoms with van der Waals surface area (Å²) >= 11 is 0. The first kappa shape index (κ1) is 7.40. The van der Waals surface area contributed by atoms with E-state index in [1.807, 2.05) is 4.98 Å². The van der Waals surface area contributed by atoms with E-state index in [0.29, 0.717) is 0 Å². The maximum atomic E-state index is 11.0. The Labute approximate surface area is 69.4 Å². The van der Waals surface area contributed by atoms with E-state index in [-0.39, 0.29) is 15.9 Å². The lowest BCUT2D eigenvalue weighted by Gasteiger charge is -1.94. The maximum Gasteiger partial charge on any atom is 0.326 e. The third-order valence-corrected chi connectivity index (χ3v) is 1.42. The summed E-state index contributed by atoms with van der Waals surface area (Å²) in [6.07, 6.45) is 0.957. The predicted octanol–water partition coefficient (Wildman–Crippen LogP) is -2.36. The van der Waals surface area contributed by atoms with Crippen molar-refractivity contribution in [2.24, 2.45) is 0 Å². The largest absolute Gasteiger partial charge is 0.691 e. The molecule has 13 heavy (non-hydrogen) atoms. The van der Waals surface area contributed by atoms with E-state index in [2.05, 4.69) is 15.3 Å². The zero-order chi connectivity index (χ0) is 9.42. The second kappa shape index (κ2) is 2.37. The van der Waals surface area contributed by atoms with E-state index < -0.39 is 11.2 Å². The van der Waals surface area contributed by atoms with Crippen LogP contribution < -0.4 is 16.1 Å². The third-order valence-electron chi connectivity index (χ3n) is 1.42. The Morgan fingerprint density at radius 3 is 2.92 bits per heavy atom. The van der Waals surface area contributed by atoms with E-state index in [1.165, 1.54) is 0 Å². The van der Waals surface area contributed by atoms with Gasteiger partial charge in [0.25, 0.3) is 5.52 Å². The highest BCUT2D eigenvalue weighted by Crippen LogP contribution is 1.91. The summed E-state index contributed by atoms with van der Waals surface area (Å²) in [6, 6.07) is 0. The Bertz CT molecular complexity index is 570. The minimum absolute atomic E-state index is 0.0544. The van der Waals surface area contributed by atoms with Crippen molar-refractivity contribution in [3.05, 3.63) is 32.2 Å². The van der Waals surface area contributed by atoms with Crippen LogP contribution >= 0.6 is 0 Å². The number of nitrogens with zero attached hydrogens (tertiary/aromatic N) is 3. The number of hydrogen-bond acceptors (Lipinski definition) is 5. The molecule has 0 aliphatic carbocycles. The van der Waals surface area contributed by atoms with Crippen LogP contribution in [0, 0.1) is 5.21 Å². The molecule has 8 nitrogen and oxygen atoms in total. The molecule has 0 amide bonds. The van der Waals surface area contributed by atoms with Crippen molar-refractivity contribution in [3.63, 3.8) is 0 Å². The first-order chi connectivity index (χ1) is 6.16. The van der Waals surface area contributed by atoms with Crippen LogP contribution in [-0.2, 0) is 0 Å². The molecule has 2 N–H and O–H groups in total. The van der Waals surface area contributed by atoms with E-state index >= 15 is 0 Å². The molecule has 2 aromatic rings. The highest BCUT2D eigenvalue weighted by atomic mass is 16.5. The number of hydrogen-bond donors (Lipinski definition) is 2. The zero-order valence-electron chi connectivity index (χ0n) is 6.14. The Kier molecular flexibility index (Phi) is 1.35. The van der Waals surface area contributed by atoms with Crippen LogP contribution in [0.2, 0.25) is 0 Å². The topological polar surface area (TPSA) is 118 Å². The molecule has 0 aromatic carbocycles. The summed E-state index contributed by atoms with van der Waals surface area (Å²) in [5, 5.41) is 17.0. The van der Waals surface area contributed by atoms with Crippen molar-refractivity contribution in [2.45, 2.75) is 0 Å². The molecule has 0 aliphatic rings. The van der Waals surface area contributed by atoms with Gasteiger partial charge in [0.1, 0.15) is 16.9 Å². The van der Waals surface area contributed by atoms with Crippen molar-refractivity contribution in [1.82, 2.24) is 20.3 Å². The maximum absolute atomic E-state index is 11.0. The molecule has 0 unspecified atom stereocenters. The summed E-state index contributed by atoms with van der Waals surface area (Å²) in [4.78, 5) is 26.1. The second-order valence-corrected chi connectivity index (χ2v) is 2.29. The standard InChI is InChI=1S/C5H3N5O3/c11-4-3-2(6-5(12)7-4)1-10(13)9-8-3/h1H,(H2,6,7,11,12). The number of H-pyrrole nitrogens is 2. The summed E-state index contributed by atoms with van der Waals surface area (Å²) < 4.78 is 0. The van der Waals surface area contributed by atoms with Crippen LogP contribution in [0.1, 0.15) is 0 Å². The van der Waals surface area contributed by atoms with Crippen molar-refractivity contribution in [3.8, 4) is 0 Å². The third kappa shape index (κ3) is 1.13. The van der Waals surface area contributed by atoms with Gasteiger partial charge >= 0.3 is 11.2 Å². The van der Waals surface area contributed by atoms with Gasteiger partial charge in [0.15, 0.2) is 0 Å². The fraction of sp³-hybridized carbons (Fsp3) is 0. The SMILES string of the molecule is O=c1[nH]c(=O)c2nn[n+]([O-])cc2[nH]1. The first-order valence-electron chi connectivity index (χ1n) is 3.26. The van der Waals surface area contributed by atoms with E-state index in [9.17, 15) is 14.8 Å². The number of fused-ring (bicyclic) bond motifs is 1. The highest BCUT2D eigenvalue weighted by Gasteiger charge is 2.08. The van der Waals surface area contributed by atoms with Gasteiger partial charge < -0.3 is 10.2 Å². The molecule has 0 atom stereocenters. The summed E-state index contributed by atoms with van der Waals surface area (Å²) in [7, 11) is 0. The van der Waals surface area contributed by atoms with Crippen molar-refractivity contribution in [1.29, 1.82) is 0 Å². The van der Waals surface area contributed by atoms with E-state index in [0.717, 1.165) is 6.20 Å². The molecule has 0 saturated carbocycles. The fourth-order valence-corrected chi connectivity index (χ4v) is 0.915. The number of aromatic amines is 2. The number of rotatable bonds is 0. The Balaban J connectivity index is 3.03. The molecule has 0 bridgehead atoms. The van der Waals surface area contributed by atoms with Crippen molar-refractivity contribution in [2.75, 3.05) is 0 Å². The van der Waals surface area contributed by atoms with Gasteiger partial charge in [-0.3, -0.25) is 9.78 Å². The quantitative estimate of drug-likeness (QED) is 0.348. The average Bonchev–Trinajstić information content (AvgIpc) is 2.02. The lowest BCUT2D eigenvalue weighted by Crippen LogP contribution is -2.34. The Morgan fingerprint density at radius 2 is 2.15 bits per heavy atom. The molecule has 0 fully saturated rings. The lowest BCUT2D eigenvalue weighted by molar-refractivity contribution is -0.673. The normalized spacial score (nSPS) is 10.5. The van der Waals surface area contributed by atoms with Gasteiger partial charge in [0.05, 0.1) is 5.10 Å². The van der Waals surface area contributed by atoms with Crippen LogP contribution in [0.25, 0.3) is 11.0 Å². The van der Waals surface area contributed by atoms with Gasteiger partial charge in [0.2, 0.25) is 0 Å². The molecule has 0 spiro atoms. The van der Waals surface area contributed by atoms with Crippen LogP contribution in [0.3, 0.4) is 0 Å². The van der Waals surface area contributed by atoms with Gasteiger partial charge in [-0.05, 0) is 0 Å². The number of aromatic nitrogens is 5. The van der Waals surface area contributed by atoms with E-state index in [4.69, 9.17) is 0 Å². The molecule has 0 radical (unpaired) electrons. The molecular weight excluding hydrogens is 178 g/mol. The molecular formula is C5H3N5O3. The summed E-state index contributed by atoms with van der Waals surface area (Å²) in [6.45, 7) is 0. The van der Waals surface area contributed by atoms with Gasteiger partial charge in [0, 0.05) is 0 Å². The first-order valence-corrected chi connectivity index (χ1v) is 3.26. The predicted molar refractivity (Wildman–Crippen MR) is 39.7 cm³/mol. The van der Waals surface area contributed by atoms with Crippen molar-refractivity contribution >= 4 is 11.0 Å². The highest BCUT2D eigenvalue weighted by molar-refractivity contribution is 5.69. The van der Waals surface area contributed by atoms with Crippen molar-refractivity contribution < 1.29 is 4.85 Å².